The standard InChI is InChI=1S/C15H11Cl2FO2/c16-12-8-10(18)2-3-11(12)15(17)9-1-4-13-14(7-9)20-6-5-19-13/h1-4,7-8,15H,5-6H2. The summed E-state index contributed by atoms with van der Waals surface area (Å²) in [6.07, 6.45) is 0. The Morgan fingerprint density at radius 1 is 1.00 bits per heavy atom. The van der Waals surface area contributed by atoms with Crippen LogP contribution in [0.15, 0.2) is 36.4 Å². The Morgan fingerprint density at radius 3 is 2.50 bits per heavy atom. The predicted molar refractivity (Wildman–Crippen MR) is 76.5 cm³/mol. The van der Waals surface area contributed by atoms with Crippen molar-refractivity contribution < 1.29 is 13.9 Å². The first kappa shape index (κ1) is 13.5. The third kappa shape index (κ3) is 2.56. The average Bonchev–Trinajstić information content (AvgIpc) is 2.46. The number of hydrogen-bond acceptors (Lipinski definition) is 2. The fourth-order valence-corrected chi connectivity index (χ4v) is 2.76. The van der Waals surface area contributed by atoms with Crippen LogP contribution in [0.25, 0.3) is 0 Å². The van der Waals surface area contributed by atoms with E-state index in [1.165, 1.54) is 12.1 Å². The van der Waals surface area contributed by atoms with E-state index in [1.54, 1.807) is 6.07 Å². The van der Waals surface area contributed by atoms with Crippen molar-refractivity contribution in [2.45, 2.75) is 5.38 Å². The van der Waals surface area contributed by atoms with Gasteiger partial charge in [0.25, 0.3) is 0 Å². The SMILES string of the molecule is Fc1ccc(C(Cl)c2ccc3c(c2)OCCO3)c(Cl)c1. The van der Waals surface area contributed by atoms with Gasteiger partial charge >= 0.3 is 0 Å². The molecule has 5 heteroatoms. The monoisotopic (exact) mass is 312 g/mol. The van der Waals surface area contributed by atoms with Crippen molar-refractivity contribution in [2.24, 2.45) is 0 Å². The molecule has 0 saturated carbocycles. The lowest BCUT2D eigenvalue weighted by Crippen LogP contribution is -2.15. The number of ether oxygens (including phenoxy) is 2. The van der Waals surface area contributed by atoms with Crippen LogP contribution in [-0.4, -0.2) is 13.2 Å². The molecule has 1 aliphatic rings. The molecule has 2 nitrogen and oxygen atoms in total. The molecule has 3 rings (SSSR count). The third-order valence-electron chi connectivity index (χ3n) is 3.09. The summed E-state index contributed by atoms with van der Waals surface area (Å²) in [4.78, 5) is 0. The number of alkyl halides is 1. The van der Waals surface area contributed by atoms with Crippen molar-refractivity contribution in [1.29, 1.82) is 0 Å². The minimum atomic E-state index is -0.473. The molecule has 0 aliphatic carbocycles. The van der Waals surface area contributed by atoms with Gasteiger partial charge in [-0.25, -0.2) is 4.39 Å². The lowest BCUT2D eigenvalue weighted by molar-refractivity contribution is 0.171. The second-order valence-electron chi connectivity index (χ2n) is 4.43. The highest BCUT2D eigenvalue weighted by Gasteiger charge is 2.18. The van der Waals surface area contributed by atoms with Gasteiger partial charge in [-0.2, -0.15) is 0 Å². The van der Waals surface area contributed by atoms with E-state index in [2.05, 4.69) is 0 Å². The normalized spacial score (nSPS) is 14.9. The molecule has 104 valence electrons. The molecular formula is C15H11Cl2FO2. The van der Waals surface area contributed by atoms with Crippen LogP contribution < -0.4 is 9.47 Å². The summed E-state index contributed by atoms with van der Waals surface area (Å²) < 4.78 is 24.1. The van der Waals surface area contributed by atoms with E-state index >= 15 is 0 Å². The summed E-state index contributed by atoms with van der Waals surface area (Å²) in [5.41, 5.74) is 1.48. The van der Waals surface area contributed by atoms with Crippen molar-refractivity contribution in [3.05, 3.63) is 58.4 Å². The average molecular weight is 313 g/mol. The predicted octanol–water partition coefficient (Wildman–Crippen LogP) is 4.58. The van der Waals surface area contributed by atoms with Gasteiger partial charge in [0, 0.05) is 5.02 Å². The second-order valence-corrected chi connectivity index (χ2v) is 5.28. The highest BCUT2D eigenvalue weighted by atomic mass is 35.5. The van der Waals surface area contributed by atoms with Crippen LogP contribution in [0.1, 0.15) is 16.5 Å². The highest BCUT2D eigenvalue weighted by molar-refractivity contribution is 6.33. The Labute approximate surface area is 126 Å². The van der Waals surface area contributed by atoms with Gasteiger partial charge in [-0.15, -0.1) is 11.6 Å². The largest absolute Gasteiger partial charge is 0.486 e. The molecule has 0 saturated heterocycles. The Bertz CT molecular complexity index is 646. The molecular weight excluding hydrogens is 302 g/mol. The molecule has 0 amide bonds. The zero-order chi connectivity index (χ0) is 14.1. The number of benzene rings is 2. The Morgan fingerprint density at radius 2 is 1.75 bits per heavy atom. The summed E-state index contributed by atoms with van der Waals surface area (Å²) in [5, 5.41) is -0.168. The molecule has 2 aromatic carbocycles. The van der Waals surface area contributed by atoms with Gasteiger partial charge in [-0.3, -0.25) is 0 Å². The lowest BCUT2D eigenvalue weighted by atomic mass is 10.0. The highest BCUT2D eigenvalue weighted by Crippen LogP contribution is 2.38. The van der Waals surface area contributed by atoms with Crippen LogP contribution in [-0.2, 0) is 0 Å². The molecule has 2 aromatic rings. The Balaban J connectivity index is 1.95. The van der Waals surface area contributed by atoms with E-state index in [0.29, 0.717) is 35.3 Å². The number of halogens is 3. The van der Waals surface area contributed by atoms with Gasteiger partial charge in [0.05, 0.1) is 5.38 Å². The van der Waals surface area contributed by atoms with Crippen molar-refractivity contribution in [3.8, 4) is 11.5 Å². The summed E-state index contributed by atoms with van der Waals surface area (Å²) in [7, 11) is 0. The van der Waals surface area contributed by atoms with E-state index in [1.807, 2.05) is 18.2 Å². The van der Waals surface area contributed by atoms with Crippen molar-refractivity contribution in [2.75, 3.05) is 13.2 Å². The quantitative estimate of drug-likeness (QED) is 0.756. The number of fused-ring (bicyclic) bond motifs is 1. The van der Waals surface area contributed by atoms with Crippen LogP contribution >= 0.6 is 23.2 Å². The van der Waals surface area contributed by atoms with Gasteiger partial charge in [0.15, 0.2) is 11.5 Å². The van der Waals surface area contributed by atoms with E-state index < -0.39 is 5.38 Å². The fourth-order valence-electron chi connectivity index (χ4n) is 2.10. The van der Waals surface area contributed by atoms with Gasteiger partial charge < -0.3 is 9.47 Å². The van der Waals surface area contributed by atoms with E-state index in [4.69, 9.17) is 32.7 Å². The van der Waals surface area contributed by atoms with Crippen molar-refractivity contribution in [1.82, 2.24) is 0 Å². The van der Waals surface area contributed by atoms with Crippen molar-refractivity contribution in [3.63, 3.8) is 0 Å². The van der Waals surface area contributed by atoms with Gasteiger partial charge in [0.1, 0.15) is 19.0 Å². The molecule has 1 aliphatic heterocycles. The summed E-state index contributed by atoms with van der Waals surface area (Å²) in [6, 6.07) is 9.68. The van der Waals surface area contributed by atoms with Crippen LogP contribution in [0.3, 0.4) is 0 Å². The van der Waals surface area contributed by atoms with Crippen LogP contribution in [0, 0.1) is 5.82 Å². The smallest absolute Gasteiger partial charge is 0.161 e. The minimum Gasteiger partial charge on any atom is -0.486 e. The molecule has 0 aromatic heterocycles. The topological polar surface area (TPSA) is 18.5 Å². The number of rotatable bonds is 2. The van der Waals surface area contributed by atoms with Gasteiger partial charge in [-0.1, -0.05) is 23.7 Å². The van der Waals surface area contributed by atoms with Gasteiger partial charge in [0.2, 0.25) is 0 Å². The minimum absolute atomic E-state index is 0.305. The van der Waals surface area contributed by atoms with Gasteiger partial charge in [-0.05, 0) is 35.4 Å². The van der Waals surface area contributed by atoms with E-state index in [0.717, 1.165) is 5.56 Å². The molecule has 0 N–H and O–H groups in total. The molecule has 0 spiro atoms. The molecule has 0 fully saturated rings. The van der Waals surface area contributed by atoms with Crippen molar-refractivity contribution >= 4 is 23.2 Å². The molecule has 1 atom stereocenters. The molecule has 0 radical (unpaired) electrons. The molecule has 1 unspecified atom stereocenters. The summed E-state index contributed by atoms with van der Waals surface area (Å²) in [6.45, 7) is 1.06. The van der Waals surface area contributed by atoms with Crippen LogP contribution in [0.2, 0.25) is 5.02 Å². The van der Waals surface area contributed by atoms with Crippen LogP contribution in [0.4, 0.5) is 4.39 Å². The van der Waals surface area contributed by atoms with Crippen LogP contribution in [0.5, 0.6) is 11.5 Å². The second kappa shape index (κ2) is 5.51. The first-order chi connectivity index (χ1) is 9.65. The molecule has 0 bridgehead atoms. The number of hydrogen-bond donors (Lipinski definition) is 0. The Kier molecular flexibility index (Phi) is 3.72. The Hall–Kier alpha value is -1.45. The van der Waals surface area contributed by atoms with E-state index in [9.17, 15) is 4.39 Å². The first-order valence-electron chi connectivity index (χ1n) is 6.14. The zero-order valence-electron chi connectivity index (χ0n) is 10.4. The maximum Gasteiger partial charge on any atom is 0.161 e. The third-order valence-corrected chi connectivity index (χ3v) is 3.91. The fraction of sp³-hybridized carbons (Fsp3) is 0.200. The maximum absolute atomic E-state index is 13.1. The maximum atomic E-state index is 13.1. The molecule has 1 heterocycles. The summed E-state index contributed by atoms with van der Waals surface area (Å²) >= 11 is 12.5. The first-order valence-corrected chi connectivity index (χ1v) is 6.95. The molecule has 20 heavy (non-hydrogen) atoms. The summed E-state index contributed by atoms with van der Waals surface area (Å²) in [5.74, 6) is 0.983. The van der Waals surface area contributed by atoms with E-state index in [-0.39, 0.29) is 5.82 Å². The lowest BCUT2D eigenvalue weighted by Gasteiger charge is -2.20. The zero-order valence-corrected chi connectivity index (χ0v) is 11.9.